The largest absolute Gasteiger partial charge is 0.497 e. The van der Waals surface area contributed by atoms with Gasteiger partial charge in [0.25, 0.3) is 0 Å². The summed E-state index contributed by atoms with van der Waals surface area (Å²) in [5.74, 6) is 2.40. The highest BCUT2D eigenvalue weighted by Gasteiger charge is 2.22. The Hall–Kier alpha value is -2.63. The highest BCUT2D eigenvalue weighted by molar-refractivity contribution is 14.0. The predicted octanol–water partition coefficient (Wildman–Crippen LogP) is 1.90. The minimum atomic E-state index is 0. The Balaban J connectivity index is 0.00000363. The summed E-state index contributed by atoms with van der Waals surface area (Å²) in [4.78, 5) is 29.8. The normalized spacial score (nSPS) is 13.9. The van der Waals surface area contributed by atoms with Gasteiger partial charge >= 0.3 is 0 Å². The average molecular weight is 553 g/mol. The number of aliphatic imine (C=N–C) groups is 1. The van der Waals surface area contributed by atoms with E-state index in [-0.39, 0.29) is 29.9 Å². The average Bonchev–Trinajstić information content (AvgIpc) is 2.83. The quantitative estimate of drug-likeness (QED) is 0.293. The van der Waals surface area contributed by atoms with E-state index in [2.05, 4.69) is 30.5 Å². The van der Waals surface area contributed by atoms with Gasteiger partial charge in [0.1, 0.15) is 5.75 Å². The van der Waals surface area contributed by atoms with Crippen LogP contribution < -0.4 is 20.3 Å². The SMILES string of the molecule is CCNC(=NCc1ccc(OC)cc1)NCCC(=O)N1CCN(c2ncccn2)CC1.I. The maximum Gasteiger partial charge on any atom is 0.225 e. The van der Waals surface area contributed by atoms with Gasteiger partial charge < -0.3 is 25.2 Å². The van der Waals surface area contributed by atoms with Crippen molar-refractivity contribution in [1.29, 1.82) is 0 Å². The molecule has 0 bridgehead atoms. The van der Waals surface area contributed by atoms with Crippen molar-refractivity contribution in [2.75, 3.05) is 51.3 Å². The number of nitrogens with one attached hydrogen (secondary N) is 2. The molecular formula is C22H32IN7O2. The fraction of sp³-hybridized carbons (Fsp3) is 0.455. The first kappa shape index (κ1) is 25.6. The van der Waals surface area contributed by atoms with Crippen molar-refractivity contribution in [3.63, 3.8) is 0 Å². The van der Waals surface area contributed by atoms with E-state index in [0.717, 1.165) is 36.9 Å². The fourth-order valence-electron chi connectivity index (χ4n) is 3.30. The molecule has 0 spiro atoms. The molecule has 9 nitrogen and oxygen atoms in total. The molecule has 10 heteroatoms. The number of halogens is 1. The first-order valence-corrected chi connectivity index (χ1v) is 10.6. The first-order chi connectivity index (χ1) is 15.2. The molecule has 2 N–H and O–H groups in total. The van der Waals surface area contributed by atoms with E-state index >= 15 is 0 Å². The zero-order chi connectivity index (χ0) is 21.9. The Bertz CT molecular complexity index is 841. The number of hydrogen-bond donors (Lipinski definition) is 2. The Morgan fingerprint density at radius 3 is 2.41 bits per heavy atom. The van der Waals surface area contributed by atoms with E-state index in [1.54, 1.807) is 25.6 Å². The highest BCUT2D eigenvalue weighted by Crippen LogP contribution is 2.12. The van der Waals surface area contributed by atoms with Crippen molar-refractivity contribution >= 4 is 41.8 Å². The van der Waals surface area contributed by atoms with Crippen LogP contribution in [0.3, 0.4) is 0 Å². The number of anilines is 1. The molecule has 0 saturated carbocycles. The molecule has 1 fully saturated rings. The molecule has 3 rings (SSSR count). The van der Waals surface area contributed by atoms with E-state index in [0.29, 0.717) is 38.6 Å². The van der Waals surface area contributed by atoms with Crippen molar-refractivity contribution in [2.24, 2.45) is 4.99 Å². The Morgan fingerprint density at radius 2 is 1.78 bits per heavy atom. The number of amides is 1. The molecule has 2 heterocycles. The minimum absolute atomic E-state index is 0. The molecule has 1 aromatic carbocycles. The molecule has 1 saturated heterocycles. The molecule has 32 heavy (non-hydrogen) atoms. The number of hydrogen-bond acceptors (Lipinski definition) is 6. The number of carbonyl (C=O) groups is 1. The zero-order valence-electron chi connectivity index (χ0n) is 18.7. The standard InChI is InChI=1S/C22H31N7O2.HI/c1-3-23-21(27-17-18-5-7-19(31-2)8-6-18)24-12-9-20(30)28-13-15-29(16-14-28)22-25-10-4-11-26-22;/h4-8,10-11H,3,9,12-17H2,1-2H3,(H2,23,24,27);1H. The summed E-state index contributed by atoms with van der Waals surface area (Å²) in [6.45, 7) is 6.72. The molecule has 1 aliphatic rings. The number of benzene rings is 1. The zero-order valence-corrected chi connectivity index (χ0v) is 21.0. The molecule has 174 valence electrons. The fourth-order valence-corrected chi connectivity index (χ4v) is 3.30. The number of guanidine groups is 1. The first-order valence-electron chi connectivity index (χ1n) is 10.6. The van der Waals surface area contributed by atoms with Crippen molar-refractivity contribution in [3.05, 3.63) is 48.3 Å². The van der Waals surface area contributed by atoms with Crippen LogP contribution in [-0.4, -0.2) is 73.1 Å². The van der Waals surface area contributed by atoms with E-state index in [4.69, 9.17) is 4.74 Å². The van der Waals surface area contributed by atoms with Gasteiger partial charge in [0.15, 0.2) is 5.96 Å². The topological polar surface area (TPSA) is 95.0 Å². The van der Waals surface area contributed by atoms with Crippen LogP contribution in [-0.2, 0) is 11.3 Å². The number of carbonyl (C=O) groups excluding carboxylic acids is 1. The van der Waals surface area contributed by atoms with Crippen LogP contribution in [0.1, 0.15) is 18.9 Å². The number of ether oxygens (including phenoxy) is 1. The van der Waals surface area contributed by atoms with Gasteiger partial charge in [0.05, 0.1) is 13.7 Å². The third kappa shape index (κ3) is 7.81. The summed E-state index contributed by atoms with van der Waals surface area (Å²) in [6.07, 6.45) is 3.90. The molecule has 0 atom stereocenters. The maximum absolute atomic E-state index is 12.6. The van der Waals surface area contributed by atoms with E-state index in [1.165, 1.54) is 0 Å². The molecule has 0 aliphatic carbocycles. The summed E-state index contributed by atoms with van der Waals surface area (Å²) in [5.41, 5.74) is 1.09. The van der Waals surface area contributed by atoms with Gasteiger partial charge in [-0.15, -0.1) is 24.0 Å². The Kier molecular flexibility index (Phi) is 11.0. The molecule has 1 amide bonds. The predicted molar refractivity (Wildman–Crippen MR) is 137 cm³/mol. The summed E-state index contributed by atoms with van der Waals surface area (Å²) in [7, 11) is 1.65. The lowest BCUT2D eigenvalue weighted by atomic mass is 10.2. The second-order valence-corrected chi connectivity index (χ2v) is 7.14. The summed E-state index contributed by atoms with van der Waals surface area (Å²) in [6, 6.07) is 9.64. The van der Waals surface area contributed by atoms with E-state index in [1.807, 2.05) is 36.1 Å². The smallest absolute Gasteiger partial charge is 0.225 e. The molecule has 0 radical (unpaired) electrons. The molecular weight excluding hydrogens is 521 g/mol. The van der Waals surface area contributed by atoms with Crippen LogP contribution in [0.4, 0.5) is 5.95 Å². The number of methoxy groups -OCH3 is 1. The van der Waals surface area contributed by atoms with Gasteiger partial charge in [-0.1, -0.05) is 12.1 Å². The van der Waals surface area contributed by atoms with Gasteiger partial charge in [0, 0.05) is 58.1 Å². The van der Waals surface area contributed by atoms with Gasteiger partial charge in [-0.2, -0.15) is 0 Å². The van der Waals surface area contributed by atoms with Crippen LogP contribution in [0.25, 0.3) is 0 Å². The van der Waals surface area contributed by atoms with E-state index < -0.39 is 0 Å². The van der Waals surface area contributed by atoms with Crippen molar-refractivity contribution < 1.29 is 9.53 Å². The van der Waals surface area contributed by atoms with Gasteiger partial charge in [-0.25, -0.2) is 15.0 Å². The van der Waals surface area contributed by atoms with Crippen LogP contribution in [0.5, 0.6) is 5.75 Å². The summed E-state index contributed by atoms with van der Waals surface area (Å²) in [5, 5.41) is 6.48. The lowest BCUT2D eigenvalue weighted by Crippen LogP contribution is -2.50. The third-order valence-electron chi connectivity index (χ3n) is 5.02. The highest BCUT2D eigenvalue weighted by atomic mass is 127. The summed E-state index contributed by atoms with van der Waals surface area (Å²) >= 11 is 0. The second kappa shape index (κ2) is 13.7. The van der Waals surface area contributed by atoms with Gasteiger partial charge in [-0.3, -0.25) is 4.79 Å². The third-order valence-corrected chi connectivity index (χ3v) is 5.02. The second-order valence-electron chi connectivity index (χ2n) is 7.14. The van der Waals surface area contributed by atoms with Crippen molar-refractivity contribution in [3.8, 4) is 5.75 Å². The maximum atomic E-state index is 12.6. The number of piperazine rings is 1. The summed E-state index contributed by atoms with van der Waals surface area (Å²) < 4.78 is 5.18. The molecule has 2 aromatic rings. The van der Waals surface area contributed by atoms with Crippen LogP contribution in [0.15, 0.2) is 47.7 Å². The lowest BCUT2D eigenvalue weighted by molar-refractivity contribution is -0.131. The van der Waals surface area contributed by atoms with Crippen LogP contribution in [0, 0.1) is 0 Å². The number of nitrogens with zero attached hydrogens (tertiary/aromatic N) is 5. The Labute approximate surface area is 206 Å². The van der Waals surface area contributed by atoms with Crippen LogP contribution >= 0.6 is 24.0 Å². The number of rotatable bonds is 8. The monoisotopic (exact) mass is 553 g/mol. The van der Waals surface area contributed by atoms with Gasteiger partial charge in [0.2, 0.25) is 11.9 Å². The van der Waals surface area contributed by atoms with E-state index in [9.17, 15) is 4.79 Å². The molecule has 1 aromatic heterocycles. The van der Waals surface area contributed by atoms with Crippen LogP contribution in [0.2, 0.25) is 0 Å². The van der Waals surface area contributed by atoms with Crippen molar-refractivity contribution in [2.45, 2.75) is 19.9 Å². The minimum Gasteiger partial charge on any atom is -0.497 e. The molecule has 0 unspecified atom stereocenters. The Morgan fingerprint density at radius 1 is 1.09 bits per heavy atom. The number of aromatic nitrogens is 2. The van der Waals surface area contributed by atoms with Gasteiger partial charge in [-0.05, 0) is 30.7 Å². The molecule has 1 aliphatic heterocycles. The van der Waals surface area contributed by atoms with Crippen molar-refractivity contribution in [1.82, 2.24) is 25.5 Å². The lowest BCUT2D eigenvalue weighted by Gasteiger charge is -2.34.